The first-order valence-corrected chi connectivity index (χ1v) is 9.10. The number of carbonyl (C=O) groups is 2. The fraction of sp³-hybridized carbons (Fsp3) is 0.350. The normalized spacial score (nSPS) is 12.1. The maximum atomic E-state index is 12.9. The molecule has 0 fully saturated rings. The summed E-state index contributed by atoms with van der Waals surface area (Å²) >= 11 is 0. The van der Waals surface area contributed by atoms with Gasteiger partial charge in [-0.15, -0.1) is 0 Å². The summed E-state index contributed by atoms with van der Waals surface area (Å²) in [7, 11) is 0. The summed E-state index contributed by atoms with van der Waals surface area (Å²) in [6.45, 7) is 5.58. The molecule has 2 heterocycles. The smallest absolute Gasteiger partial charge is 0.326 e. The van der Waals surface area contributed by atoms with Crippen LogP contribution >= 0.6 is 0 Å². The summed E-state index contributed by atoms with van der Waals surface area (Å²) in [6, 6.07) is 8.47. The summed E-state index contributed by atoms with van der Waals surface area (Å²) in [5, 5.41) is 13.6. The minimum Gasteiger partial charge on any atom is -0.480 e. The Bertz CT molecular complexity index is 1000. The number of aromatic nitrogens is 4. The van der Waals surface area contributed by atoms with Crippen LogP contribution in [0.25, 0.3) is 5.78 Å². The molecule has 8 nitrogen and oxygen atoms in total. The number of carboxylic acid groups (broad SMARTS) is 1. The molecule has 0 bridgehead atoms. The highest BCUT2D eigenvalue weighted by atomic mass is 16.4. The lowest BCUT2D eigenvalue weighted by Crippen LogP contribution is -2.42. The molecule has 1 N–H and O–H groups in total. The summed E-state index contributed by atoms with van der Waals surface area (Å²) < 4.78 is 1.65. The lowest BCUT2D eigenvalue weighted by molar-refractivity contribution is -0.150. The van der Waals surface area contributed by atoms with Crippen molar-refractivity contribution in [2.75, 3.05) is 0 Å². The number of amides is 1. The number of hydrogen-bond donors (Lipinski definition) is 1. The summed E-state index contributed by atoms with van der Waals surface area (Å²) in [5.41, 5.74) is 3.50. The number of benzene rings is 1. The zero-order valence-corrected chi connectivity index (χ0v) is 16.2. The minimum atomic E-state index is -1.03. The fourth-order valence-corrected chi connectivity index (χ4v) is 3.25. The molecular formula is C20H23N5O3. The molecule has 3 aromatic rings. The molecule has 0 saturated carbocycles. The van der Waals surface area contributed by atoms with Gasteiger partial charge in [0.2, 0.25) is 5.91 Å². The van der Waals surface area contributed by atoms with Crippen molar-refractivity contribution in [3.8, 4) is 0 Å². The molecule has 1 atom stereocenters. The van der Waals surface area contributed by atoms with E-state index in [2.05, 4.69) is 15.1 Å². The zero-order chi connectivity index (χ0) is 20.3. The fourth-order valence-electron chi connectivity index (χ4n) is 3.25. The molecule has 8 heteroatoms. The van der Waals surface area contributed by atoms with Gasteiger partial charge in [-0.3, -0.25) is 4.79 Å². The van der Waals surface area contributed by atoms with E-state index in [1.54, 1.807) is 4.52 Å². The lowest BCUT2D eigenvalue weighted by Gasteiger charge is -2.27. The summed E-state index contributed by atoms with van der Waals surface area (Å²) in [5.74, 6) is -0.714. The van der Waals surface area contributed by atoms with Gasteiger partial charge < -0.3 is 10.0 Å². The van der Waals surface area contributed by atoms with Gasteiger partial charge in [-0.1, -0.05) is 30.3 Å². The Labute approximate surface area is 162 Å². The lowest BCUT2D eigenvalue weighted by atomic mass is 10.1. The number of aryl methyl sites for hydroxylation is 2. The third-order valence-corrected chi connectivity index (χ3v) is 4.92. The zero-order valence-electron chi connectivity index (χ0n) is 16.2. The molecule has 0 aliphatic rings. The van der Waals surface area contributed by atoms with Crippen molar-refractivity contribution in [3.05, 3.63) is 59.2 Å². The third kappa shape index (κ3) is 4.00. The maximum absolute atomic E-state index is 12.9. The van der Waals surface area contributed by atoms with Gasteiger partial charge in [-0.2, -0.15) is 10.1 Å². The highest BCUT2D eigenvalue weighted by molar-refractivity contribution is 5.83. The van der Waals surface area contributed by atoms with Crippen molar-refractivity contribution < 1.29 is 14.7 Å². The van der Waals surface area contributed by atoms with E-state index in [0.717, 1.165) is 22.5 Å². The largest absolute Gasteiger partial charge is 0.480 e. The van der Waals surface area contributed by atoms with Crippen LogP contribution < -0.4 is 0 Å². The van der Waals surface area contributed by atoms with Gasteiger partial charge in [0.05, 0.1) is 0 Å². The summed E-state index contributed by atoms with van der Waals surface area (Å²) in [6.07, 6.45) is 2.09. The molecular weight excluding hydrogens is 358 g/mol. The number of carboxylic acids is 1. The second-order valence-corrected chi connectivity index (χ2v) is 6.75. The van der Waals surface area contributed by atoms with Crippen molar-refractivity contribution in [2.24, 2.45) is 0 Å². The molecule has 0 aliphatic carbocycles. The van der Waals surface area contributed by atoms with Gasteiger partial charge >= 0.3 is 5.97 Å². The molecule has 1 unspecified atom stereocenters. The second kappa shape index (κ2) is 8.16. The Morgan fingerprint density at radius 2 is 1.93 bits per heavy atom. The van der Waals surface area contributed by atoms with E-state index in [4.69, 9.17) is 0 Å². The van der Waals surface area contributed by atoms with Gasteiger partial charge in [0, 0.05) is 24.4 Å². The van der Waals surface area contributed by atoms with E-state index in [1.807, 2.05) is 44.2 Å². The number of fused-ring (bicyclic) bond motifs is 1. The molecule has 0 radical (unpaired) electrons. The van der Waals surface area contributed by atoms with Crippen molar-refractivity contribution in [1.82, 2.24) is 24.5 Å². The quantitative estimate of drug-likeness (QED) is 0.673. The van der Waals surface area contributed by atoms with Crippen LogP contribution in [0.5, 0.6) is 0 Å². The molecule has 0 spiro atoms. The first-order valence-electron chi connectivity index (χ1n) is 9.10. The second-order valence-electron chi connectivity index (χ2n) is 6.75. The minimum absolute atomic E-state index is 0.189. The third-order valence-electron chi connectivity index (χ3n) is 4.92. The van der Waals surface area contributed by atoms with E-state index in [9.17, 15) is 14.7 Å². The van der Waals surface area contributed by atoms with Crippen LogP contribution in [0.1, 0.15) is 35.9 Å². The van der Waals surface area contributed by atoms with Crippen LogP contribution in [0.3, 0.4) is 0 Å². The first-order chi connectivity index (χ1) is 13.4. The van der Waals surface area contributed by atoms with Crippen molar-refractivity contribution in [2.45, 2.75) is 46.2 Å². The molecule has 0 aliphatic heterocycles. The van der Waals surface area contributed by atoms with Crippen LogP contribution in [-0.2, 0) is 22.6 Å². The molecule has 0 saturated heterocycles. The standard InChI is InChI=1S/C20H23N5O3/c1-13-17(14(2)25-20(23-13)21-12-22-25)9-10-18(26)24(15(3)19(27)28)11-16-7-5-4-6-8-16/h4-8,12,15H,9-11H2,1-3H3,(H,27,28). The van der Waals surface area contributed by atoms with E-state index in [-0.39, 0.29) is 18.9 Å². The van der Waals surface area contributed by atoms with Gasteiger partial charge in [0.1, 0.15) is 12.4 Å². The number of nitrogens with zero attached hydrogens (tertiary/aromatic N) is 5. The van der Waals surface area contributed by atoms with E-state index in [1.165, 1.54) is 18.2 Å². The molecule has 1 aromatic carbocycles. The number of carbonyl (C=O) groups excluding carboxylic acids is 1. The Kier molecular flexibility index (Phi) is 5.67. The Hall–Kier alpha value is -3.29. The average Bonchev–Trinajstić information content (AvgIpc) is 3.14. The Morgan fingerprint density at radius 3 is 2.61 bits per heavy atom. The van der Waals surface area contributed by atoms with Gasteiger partial charge in [-0.25, -0.2) is 14.3 Å². The highest BCUT2D eigenvalue weighted by Gasteiger charge is 2.26. The van der Waals surface area contributed by atoms with Crippen molar-refractivity contribution in [1.29, 1.82) is 0 Å². The van der Waals surface area contributed by atoms with Crippen molar-refractivity contribution >= 4 is 17.7 Å². The maximum Gasteiger partial charge on any atom is 0.326 e. The number of rotatable bonds is 7. The number of hydrogen-bond acceptors (Lipinski definition) is 5. The van der Waals surface area contributed by atoms with Crippen LogP contribution in [0.4, 0.5) is 0 Å². The molecule has 146 valence electrons. The molecule has 28 heavy (non-hydrogen) atoms. The van der Waals surface area contributed by atoms with Crippen molar-refractivity contribution in [3.63, 3.8) is 0 Å². The molecule has 1 amide bonds. The predicted molar refractivity (Wildman–Crippen MR) is 103 cm³/mol. The van der Waals surface area contributed by atoms with Crippen LogP contribution in [-0.4, -0.2) is 47.5 Å². The first kappa shape index (κ1) is 19.5. The van der Waals surface area contributed by atoms with Crippen LogP contribution in [0.2, 0.25) is 0 Å². The van der Waals surface area contributed by atoms with E-state index in [0.29, 0.717) is 12.2 Å². The number of aliphatic carboxylic acids is 1. The van der Waals surface area contributed by atoms with Gasteiger partial charge in [0.25, 0.3) is 5.78 Å². The monoisotopic (exact) mass is 381 g/mol. The van der Waals surface area contributed by atoms with E-state index < -0.39 is 12.0 Å². The van der Waals surface area contributed by atoms with Crippen LogP contribution in [0, 0.1) is 13.8 Å². The van der Waals surface area contributed by atoms with Gasteiger partial charge in [-0.05, 0) is 38.3 Å². The SMILES string of the molecule is Cc1nc2ncnn2c(C)c1CCC(=O)N(Cc1ccccc1)C(C)C(=O)O. The average molecular weight is 381 g/mol. The predicted octanol–water partition coefficient (Wildman–Crippen LogP) is 2.18. The molecule has 2 aromatic heterocycles. The highest BCUT2D eigenvalue weighted by Crippen LogP contribution is 2.17. The van der Waals surface area contributed by atoms with Gasteiger partial charge in [0.15, 0.2) is 0 Å². The topological polar surface area (TPSA) is 101 Å². The molecule has 3 rings (SSSR count). The Morgan fingerprint density at radius 1 is 1.21 bits per heavy atom. The van der Waals surface area contributed by atoms with Crippen LogP contribution in [0.15, 0.2) is 36.7 Å². The summed E-state index contributed by atoms with van der Waals surface area (Å²) in [4.78, 5) is 34.3. The van der Waals surface area contributed by atoms with E-state index >= 15 is 0 Å². The Balaban J connectivity index is 1.79.